The van der Waals surface area contributed by atoms with E-state index in [1.54, 1.807) is 13.4 Å². The largest absolute Gasteiger partial charge is 0.497 e. The summed E-state index contributed by atoms with van der Waals surface area (Å²) in [4.78, 5) is 12.4. The highest BCUT2D eigenvalue weighted by Crippen LogP contribution is 2.25. The van der Waals surface area contributed by atoms with E-state index in [9.17, 15) is 0 Å². The first-order valence-corrected chi connectivity index (χ1v) is 7.68. The highest BCUT2D eigenvalue weighted by Gasteiger charge is 2.10. The molecule has 0 saturated heterocycles. The molecular formula is C19H17N3O. The van der Waals surface area contributed by atoms with Gasteiger partial charge >= 0.3 is 0 Å². The van der Waals surface area contributed by atoms with E-state index in [1.807, 2.05) is 24.3 Å². The highest BCUT2D eigenvalue weighted by atomic mass is 16.5. The fourth-order valence-electron chi connectivity index (χ4n) is 2.94. The van der Waals surface area contributed by atoms with Crippen LogP contribution >= 0.6 is 0 Å². The zero-order chi connectivity index (χ0) is 15.6. The zero-order valence-corrected chi connectivity index (χ0v) is 12.9. The number of hydrogen-bond acceptors (Lipinski definition) is 3. The second-order valence-corrected chi connectivity index (χ2v) is 5.56. The molecule has 0 radical (unpaired) electrons. The maximum Gasteiger partial charge on any atom is 0.118 e. The first-order chi connectivity index (χ1) is 11.3. The summed E-state index contributed by atoms with van der Waals surface area (Å²) in [5, 5.41) is 1.15. The van der Waals surface area contributed by atoms with Gasteiger partial charge in [0.1, 0.15) is 12.1 Å². The lowest BCUT2D eigenvalue weighted by Crippen LogP contribution is -1.97. The SMILES string of the molecule is COc1ccc(CCc2ncnc3c2[nH]c2ccccc23)cc1. The summed E-state index contributed by atoms with van der Waals surface area (Å²) in [5.41, 5.74) is 5.48. The Morgan fingerprint density at radius 2 is 1.78 bits per heavy atom. The lowest BCUT2D eigenvalue weighted by Gasteiger charge is -2.04. The Kier molecular flexibility index (Phi) is 3.42. The molecule has 0 aliphatic heterocycles. The molecule has 0 aliphatic carbocycles. The van der Waals surface area contributed by atoms with Crippen molar-refractivity contribution in [3.8, 4) is 5.75 Å². The average molecular weight is 303 g/mol. The minimum Gasteiger partial charge on any atom is -0.497 e. The number of hydrogen-bond donors (Lipinski definition) is 1. The molecule has 0 fully saturated rings. The molecule has 114 valence electrons. The lowest BCUT2D eigenvalue weighted by atomic mass is 10.1. The molecular weight excluding hydrogens is 286 g/mol. The van der Waals surface area contributed by atoms with E-state index in [0.29, 0.717) is 0 Å². The standard InChI is InChI=1S/C19H17N3O/c1-23-14-9-6-13(7-10-14)8-11-17-19-18(21-12-20-17)15-4-2-3-5-16(15)22-19/h2-7,9-10,12,22H,8,11H2,1H3. The molecule has 2 aromatic carbocycles. The van der Waals surface area contributed by atoms with Crippen LogP contribution in [0.5, 0.6) is 5.75 Å². The van der Waals surface area contributed by atoms with Gasteiger partial charge in [-0.15, -0.1) is 0 Å². The maximum atomic E-state index is 5.20. The van der Waals surface area contributed by atoms with E-state index in [2.05, 4.69) is 39.2 Å². The summed E-state index contributed by atoms with van der Waals surface area (Å²) in [6.07, 6.45) is 3.47. The number of aryl methyl sites for hydroxylation is 2. The molecule has 0 spiro atoms. The van der Waals surface area contributed by atoms with Crippen molar-refractivity contribution in [1.29, 1.82) is 0 Å². The molecule has 0 amide bonds. The van der Waals surface area contributed by atoms with Gasteiger partial charge in [-0.1, -0.05) is 30.3 Å². The second-order valence-electron chi connectivity index (χ2n) is 5.56. The summed E-state index contributed by atoms with van der Waals surface area (Å²) in [5.74, 6) is 0.883. The molecule has 0 saturated carbocycles. The van der Waals surface area contributed by atoms with Crippen LogP contribution in [0.2, 0.25) is 0 Å². The molecule has 0 aliphatic rings. The van der Waals surface area contributed by atoms with Crippen LogP contribution in [0.4, 0.5) is 0 Å². The quantitative estimate of drug-likeness (QED) is 0.622. The predicted molar refractivity (Wildman–Crippen MR) is 91.8 cm³/mol. The molecule has 2 aromatic heterocycles. The fourth-order valence-corrected chi connectivity index (χ4v) is 2.94. The van der Waals surface area contributed by atoms with Crippen molar-refractivity contribution in [1.82, 2.24) is 15.0 Å². The Hall–Kier alpha value is -2.88. The molecule has 0 unspecified atom stereocenters. The molecule has 23 heavy (non-hydrogen) atoms. The summed E-state index contributed by atoms with van der Waals surface area (Å²) >= 11 is 0. The molecule has 4 nitrogen and oxygen atoms in total. The number of aromatic amines is 1. The molecule has 0 bridgehead atoms. The minimum atomic E-state index is 0.873. The summed E-state index contributed by atoms with van der Waals surface area (Å²) in [7, 11) is 1.68. The van der Waals surface area contributed by atoms with Crippen molar-refractivity contribution >= 4 is 21.9 Å². The van der Waals surface area contributed by atoms with Crippen LogP contribution in [0.1, 0.15) is 11.3 Å². The van der Waals surface area contributed by atoms with E-state index in [0.717, 1.165) is 46.2 Å². The smallest absolute Gasteiger partial charge is 0.118 e. The summed E-state index contributed by atoms with van der Waals surface area (Å²) < 4.78 is 5.20. The monoisotopic (exact) mass is 303 g/mol. The van der Waals surface area contributed by atoms with Crippen LogP contribution in [0, 0.1) is 0 Å². The zero-order valence-electron chi connectivity index (χ0n) is 12.9. The highest BCUT2D eigenvalue weighted by molar-refractivity contribution is 6.05. The maximum absolute atomic E-state index is 5.20. The molecule has 4 aromatic rings. The molecule has 4 heteroatoms. The van der Waals surface area contributed by atoms with Gasteiger partial charge < -0.3 is 9.72 Å². The number of nitrogens with one attached hydrogen (secondary N) is 1. The van der Waals surface area contributed by atoms with Crippen molar-refractivity contribution in [2.75, 3.05) is 7.11 Å². The van der Waals surface area contributed by atoms with Gasteiger partial charge in [0.05, 0.1) is 23.8 Å². The van der Waals surface area contributed by atoms with Gasteiger partial charge in [-0.3, -0.25) is 0 Å². The van der Waals surface area contributed by atoms with Gasteiger partial charge in [-0.2, -0.15) is 0 Å². The average Bonchev–Trinajstić information content (AvgIpc) is 3.00. The number of aromatic nitrogens is 3. The number of fused-ring (bicyclic) bond motifs is 3. The second kappa shape index (κ2) is 5.72. The fraction of sp³-hybridized carbons (Fsp3) is 0.158. The first-order valence-electron chi connectivity index (χ1n) is 7.68. The van der Waals surface area contributed by atoms with Gasteiger partial charge in [0.25, 0.3) is 0 Å². The van der Waals surface area contributed by atoms with Crippen LogP contribution in [0.15, 0.2) is 54.9 Å². The first kappa shape index (κ1) is 13.8. The van der Waals surface area contributed by atoms with Crippen molar-refractivity contribution in [3.05, 3.63) is 66.1 Å². The van der Waals surface area contributed by atoms with E-state index >= 15 is 0 Å². The van der Waals surface area contributed by atoms with Crippen LogP contribution in [0.3, 0.4) is 0 Å². The van der Waals surface area contributed by atoms with E-state index < -0.39 is 0 Å². The van der Waals surface area contributed by atoms with E-state index in [1.165, 1.54) is 5.56 Å². The minimum absolute atomic E-state index is 0.873. The molecule has 1 N–H and O–H groups in total. The van der Waals surface area contributed by atoms with Gasteiger partial charge in [-0.05, 0) is 36.6 Å². The Bertz CT molecular complexity index is 957. The molecule has 0 atom stereocenters. The van der Waals surface area contributed by atoms with Gasteiger partial charge in [0, 0.05) is 10.9 Å². The van der Waals surface area contributed by atoms with Gasteiger partial charge in [-0.25, -0.2) is 9.97 Å². The Morgan fingerprint density at radius 3 is 2.61 bits per heavy atom. The van der Waals surface area contributed by atoms with E-state index in [4.69, 9.17) is 4.74 Å². The van der Waals surface area contributed by atoms with Crippen molar-refractivity contribution in [2.45, 2.75) is 12.8 Å². The number of methoxy groups -OCH3 is 1. The van der Waals surface area contributed by atoms with Gasteiger partial charge in [0.2, 0.25) is 0 Å². The number of para-hydroxylation sites is 1. The lowest BCUT2D eigenvalue weighted by molar-refractivity contribution is 0.414. The summed E-state index contributed by atoms with van der Waals surface area (Å²) in [6, 6.07) is 16.4. The van der Waals surface area contributed by atoms with Gasteiger partial charge in [0.15, 0.2) is 0 Å². The van der Waals surface area contributed by atoms with Crippen LogP contribution in [-0.2, 0) is 12.8 Å². The topological polar surface area (TPSA) is 50.8 Å². The number of H-pyrrole nitrogens is 1. The van der Waals surface area contributed by atoms with Crippen molar-refractivity contribution in [3.63, 3.8) is 0 Å². The molecule has 2 heterocycles. The van der Waals surface area contributed by atoms with E-state index in [-0.39, 0.29) is 0 Å². The third kappa shape index (κ3) is 2.52. The normalized spacial score (nSPS) is 11.2. The molecule has 4 rings (SSSR count). The number of benzene rings is 2. The van der Waals surface area contributed by atoms with Crippen LogP contribution in [-0.4, -0.2) is 22.1 Å². The Labute approximate surface area is 134 Å². The Balaban J connectivity index is 1.65. The van der Waals surface area contributed by atoms with Crippen molar-refractivity contribution < 1.29 is 4.74 Å². The van der Waals surface area contributed by atoms with Crippen LogP contribution in [0.25, 0.3) is 21.9 Å². The Morgan fingerprint density at radius 1 is 0.957 bits per heavy atom. The third-order valence-corrected chi connectivity index (χ3v) is 4.18. The number of ether oxygens (including phenoxy) is 1. The third-order valence-electron chi connectivity index (χ3n) is 4.18. The number of rotatable bonds is 4. The number of nitrogens with zero attached hydrogens (tertiary/aromatic N) is 2. The summed E-state index contributed by atoms with van der Waals surface area (Å²) in [6.45, 7) is 0. The predicted octanol–water partition coefficient (Wildman–Crippen LogP) is 3.90. The van der Waals surface area contributed by atoms with Crippen molar-refractivity contribution in [2.24, 2.45) is 0 Å². The van der Waals surface area contributed by atoms with Crippen LogP contribution < -0.4 is 4.74 Å².